The van der Waals surface area contributed by atoms with E-state index in [1.165, 1.54) is 0 Å². The number of hydrogen-bond donors (Lipinski definition) is 1. The van der Waals surface area contributed by atoms with Gasteiger partial charge in [0, 0.05) is 12.1 Å². The normalized spacial score (nSPS) is 13.4. The lowest BCUT2D eigenvalue weighted by Gasteiger charge is -2.13. The summed E-state index contributed by atoms with van der Waals surface area (Å²) < 4.78 is 12.6. The monoisotopic (exact) mass is 363 g/mol. The highest BCUT2D eigenvalue weighted by Gasteiger charge is 2.19. The van der Waals surface area contributed by atoms with Crippen LogP contribution in [-0.2, 0) is 6.54 Å². The van der Waals surface area contributed by atoms with Gasteiger partial charge in [0.2, 0.25) is 6.79 Å². The van der Waals surface area contributed by atoms with Crippen molar-refractivity contribution in [3.63, 3.8) is 0 Å². The maximum absolute atomic E-state index is 12.7. The molecule has 0 fully saturated rings. The van der Waals surface area contributed by atoms with E-state index in [0.717, 1.165) is 22.6 Å². The molecule has 0 bridgehead atoms. The molecule has 1 N–H and O–H groups in total. The maximum atomic E-state index is 12.7. The van der Waals surface area contributed by atoms with E-state index in [4.69, 9.17) is 9.47 Å². The van der Waals surface area contributed by atoms with Crippen molar-refractivity contribution in [1.29, 1.82) is 0 Å². The summed E-state index contributed by atoms with van der Waals surface area (Å²) in [4.78, 5) is 12.7. The first-order valence-electron chi connectivity index (χ1n) is 8.99. The zero-order valence-corrected chi connectivity index (χ0v) is 15.3. The number of carbonyl (C=O) groups is 1. The highest BCUT2D eigenvalue weighted by molar-refractivity contribution is 5.93. The van der Waals surface area contributed by atoms with Gasteiger partial charge in [-0.25, -0.2) is 0 Å². The number of hydrogen-bond acceptors (Lipinski definition) is 4. The van der Waals surface area contributed by atoms with E-state index in [-0.39, 0.29) is 18.7 Å². The molecular formula is C21H21N3O3. The van der Waals surface area contributed by atoms with Gasteiger partial charge in [-0.1, -0.05) is 30.3 Å². The Morgan fingerprint density at radius 1 is 1.15 bits per heavy atom. The van der Waals surface area contributed by atoms with E-state index in [9.17, 15) is 4.79 Å². The summed E-state index contributed by atoms with van der Waals surface area (Å²) in [5.74, 6) is 1.25. The molecule has 1 amide bonds. The van der Waals surface area contributed by atoms with Crippen LogP contribution >= 0.6 is 0 Å². The van der Waals surface area contributed by atoms with Crippen LogP contribution in [0, 0.1) is 0 Å². The average molecular weight is 363 g/mol. The predicted octanol–water partition coefficient (Wildman–Crippen LogP) is 3.79. The first-order valence-corrected chi connectivity index (χ1v) is 8.99. The number of nitrogens with one attached hydrogen (secondary N) is 1. The lowest BCUT2D eigenvalue weighted by molar-refractivity contribution is 0.0934. The van der Waals surface area contributed by atoms with Crippen molar-refractivity contribution in [3.05, 3.63) is 65.9 Å². The van der Waals surface area contributed by atoms with Crippen LogP contribution in [0.2, 0.25) is 0 Å². The lowest BCUT2D eigenvalue weighted by Crippen LogP contribution is -2.27. The lowest BCUT2D eigenvalue weighted by atomic mass is 10.1. The Bertz CT molecular complexity index is 966. The molecule has 3 aromatic rings. The fourth-order valence-electron chi connectivity index (χ4n) is 3.15. The molecule has 138 valence electrons. The second kappa shape index (κ2) is 7.15. The first-order chi connectivity index (χ1) is 13.2. The van der Waals surface area contributed by atoms with Crippen LogP contribution in [0.5, 0.6) is 11.5 Å². The Morgan fingerprint density at radius 3 is 2.70 bits per heavy atom. The minimum absolute atomic E-state index is 0.0977. The molecule has 0 radical (unpaired) electrons. The molecule has 1 aliphatic heterocycles. The van der Waals surface area contributed by atoms with Crippen LogP contribution in [0.25, 0.3) is 11.3 Å². The Labute approximate surface area is 157 Å². The van der Waals surface area contributed by atoms with Crippen molar-refractivity contribution in [2.75, 3.05) is 6.79 Å². The van der Waals surface area contributed by atoms with Crippen molar-refractivity contribution >= 4 is 5.91 Å². The van der Waals surface area contributed by atoms with Gasteiger partial charge < -0.3 is 14.8 Å². The smallest absolute Gasteiger partial charge is 0.272 e. The minimum Gasteiger partial charge on any atom is -0.454 e. The van der Waals surface area contributed by atoms with Crippen LogP contribution in [0.15, 0.2) is 54.6 Å². The average Bonchev–Trinajstić information content (AvgIpc) is 3.34. The van der Waals surface area contributed by atoms with Crippen molar-refractivity contribution in [1.82, 2.24) is 15.1 Å². The number of aromatic nitrogens is 2. The van der Waals surface area contributed by atoms with E-state index < -0.39 is 0 Å². The quantitative estimate of drug-likeness (QED) is 0.749. The van der Waals surface area contributed by atoms with Crippen LogP contribution in [0.4, 0.5) is 0 Å². The number of rotatable bonds is 5. The second-order valence-electron chi connectivity index (χ2n) is 6.40. The zero-order chi connectivity index (χ0) is 18.8. The van der Waals surface area contributed by atoms with E-state index >= 15 is 0 Å². The van der Waals surface area contributed by atoms with Gasteiger partial charge in [0.05, 0.1) is 11.7 Å². The maximum Gasteiger partial charge on any atom is 0.272 e. The van der Waals surface area contributed by atoms with Gasteiger partial charge in [-0.15, -0.1) is 0 Å². The van der Waals surface area contributed by atoms with Crippen molar-refractivity contribution in [2.24, 2.45) is 0 Å². The summed E-state index contributed by atoms with van der Waals surface area (Å²) in [5.41, 5.74) is 3.25. The third-order valence-electron chi connectivity index (χ3n) is 4.63. The SMILES string of the molecule is CCn1nc(C(=O)N[C@@H](C)c2ccccc2)cc1-c1ccc2c(c1)OCO2. The standard InChI is InChI=1S/C21H21N3O3/c1-3-24-18(16-9-10-19-20(11-16)27-13-26-19)12-17(23-24)21(25)22-14(2)15-7-5-4-6-8-15/h4-12,14H,3,13H2,1-2H3,(H,22,25)/t14-/m0/s1. The van der Waals surface area contributed by atoms with E-state index in [0.29, 0.717) is 18.0 Å². The highest BCUT2D eigenvalue weighted by Crippen LogP contribution is 2.36. The van der Waals surface area contributed by atoms with Crippen LogP contribution in [-0.4, -0.2) is 22.5 Å². The van der Waals surface area contributed by atoms with Crippen molar-refractivity contribution in [3.8, 4) is 22.8 Å². The van der Waals surface area contributed by atoms with E-state index in [2.05, 4.69) is 10.4 Å². The molecule has 0 spiro atoms. The van der Waals surface area contributed by atoms with Gasteiger partial charge in [0.15, 0.2) is 17.2 Å². The van der Waals surface area contributed by atoms with Crippen molar-refractivity contribution < 1.29 is 14.3 Å². The molecule has 2 heterocycles. The molecule has 0 saturated heterocycles. The molecule has 0 unspecified atom stereocenters. The molecule has 0 saturated carbocycles. The molecule has 4 rings (SSSR count). The van der Waals surface area contributed by atoms with E-state index in [1.807, 2.05) is 73.1 Å². The van der Waals surface area contributed by atoms with Crippen LogP contribution in [0.3, 0.4) is 0 Å². The summed E-state index contributed by atoms with van der Waals surface area (Å²) in [6.45, 7) is 4.85. The fraction of sp³-hybridized carbons (Fsp3) is 0.238. The number of nitrogens with zero attached hydrogens (tertiary/aromatic N) is 2. The number of amides is 1. The summed E-state index contributed by atoms with van der Waals surface area (Å²) in [7, 11) is 0. The Hall–Kier alpha value is -3.28. The third kappa shape index (κ3) is 3.38. The van der Waals surface area contributed by atoms with Crippen LogP contribution in [0.1, 0.15) is 35.9 Å². The summed E-state index contributed by atoms with van der Waals surface area (Å²) in [5, 5.41) is 7.49. The molecule has 27 heavy (non-hydrogen) atoms. The van der Waals surface area contributed by atoms with Gasteiger partial charge in [0.25, 0.3) is 5.91 Å². The molecule has 1 aromatic heterocycles. The number of ether oxygens (including phenoxy) is 2. The first kappa shape index (κ1) is 17.1. The molecular weight excluding hydrogens is 342 g/mol. The second-order valence-corrected chi connectivity index (χ2v) is 6.40. The molecule has 0 aliphatic carbocycles. The number of benzene rings is 2. The zero-order valence-electron chi connectivity index (χ0n) is 15.3. The number of fused-ring (bicyclic) bond motifs is 1. The van der Waals surface area contributed by atoms with Gasteiger partial charge in [-0.05, 0) is 43.7 Å². The van der Waals surface area contributed by atoms with Gasteiger partial charge in [-0.3, -0.25) is 9.48 Å². The molecule has 6 heteroatoms. The summed E-state index contributed by atoms with van der Waals surface area (Å²) >= 11 is 0. The number of carbonyl (C=O) groups excluding carboxylic acids is 1. The highest BCUT2D eigenvalue weighted by atomic mass is 16.7. The topological polar surface area (TPSA) is 65.4 Å². The molecule has 6 nitrogen and oxygen atoms in total. The Kier molecular flexibility index (Phi) is 4.54. The van der Waals surface area contributed by atoms with Gasteiger partial charge in [0.1, 0.15) is 0 Å². The largest absolute Gasteiger partial charge is 0.454 e. The van der Waals surface area contributed by atoms with Crippen molar-refractivity contribution in [2.45, 2.75) is 26.4 Å². The third-order valence-corrected chi connectivity index (χ3v) is 4.63. The Morgan fingerprint density at radius 2 is 1.93 bits per heavy atom. The molecule has 1 aliphatic rings. The molecule has 2 aromatic carbocycles. The minimum atomic E-state index is -0.194. The fourth-order valence-corrected chi connectivity index (χ4v) is 3.15. The van der Waals surface area contributed by atoms with Crippen LogP contribution < -0.4 is 14.8 Å². The van der Waals surface area contributed by atoms with E-state index in [1.54, 1.807) is 0 Å². The van der Waals surface area contributed by atoms with Gasteiger partial charge >= 0.3 is 0 Å². The summed E-state index contributed by atoms with van der Waals surface area (Å²) in [6.07, 6.45) is 0. The Balaban J connectivity index is 1.58. The number of aryl methyl sites for hydroxylation is 1. The molecule has 1 atom stereocenters. The summed E-state index contributed by atoms with van der Waals surface area (Å²) in [6, 6.07) is 17.3. The van der Waals surface area contributed by atoms with Gasteiger partial charge in [-0.2, -0.15) is 5.10 Å². The predicted molar refractivity (Wildman–Crippen MR) is 102 cm³/mol.